The van der Waals surface area contributed by atoms with Gasteiger partial charge in [-0.25, -0.2) is 0 Å². The number of hydrogen-bond donors (Lipinski definition) is 1. The van der Waals surface area contributed by atoms with Crippen molar-refractivity contribution in [3.63, 3.8) is 0 Å². The third-order valence-electron chi connectivity index (χ3n) is 2.41. The van der Waals surface area contributed by atoms with Gasteiger partial charge in [0.25, 0.3) is 5.69 Å². The van der Waals surface area contributed by atoms with E-state index in [9.17, 15) is 14.9 Å². The van der Waals surface area contributed by atoms with E-state index in [0.29, 0.717) is 5.56 Å². The monoisotopic (exact) mass is 233 g/mol. The van der Waals surface area contributed by atoms with Crippen molar-refractivity contribution in [2.24, 2.45) is 0 Å². The van der Waals surface area contributed by atoms with Gasteiger partial charge in [0, 0.05) is 6.07 Å². The van der Waals surface area contributed by atoms with Gasteiger partial charge < -0.3 is 5.32 Å². The highest BCUT2D eigenvalue weighted by molar-refractivity contribution is 5.95. The van der Waals surface area contributed by atoms with Gasteiger partial charge in [-0.15, -0.1) is 0 Å². The molecule has 1 N–H and O–H groups in total. The van der Waals surface area contributed by atoms with Crippen molar-refractivity contribution in [3.8, 4) is 6.07 Å². The van der Waals surface area contributed by atoms with Crippen LogP contribution in [0.5, 0.6) is 0 Å². The highest BCUT2D eigenvalue weighted by Gasteiger charge is 2.18. The van der Waals surface area contributed by atoms with Crippen LogP contribution in [0.1, 0.15) is 17.5 Å². The number of anilines is 1. The number of nitro benzene ring substituents is 1. The van der Waals surface area contributed by atoms with Crippen molar-refractivity contribution in [2.45, 2.75) is 20.3 Å². The van der Waals surface area contributed by atoms with E-state index in [1.165, 1.54) is 6.07 Å². The summed E-state index contributed by atoms with van der Waals surface area (Å²) in [4.78, 5) is 21.5. The van der Waals surface area contributed by atoms with Crippen LogP contribution in [0.4, 0.5) is 11.4 Å². The van der Waals surface area contributed by atoms with E-state index in [1.54, 1.807) is 26.0 Å². The molecule has 17 heavy (non-hydrogen) atoms. The van der Waals surface area contributed by atoms with E-state index in [4.69, 9.17) is 5.26 Å². The fourth-order valence-electron chi connectivity index (χ4n) is 1.37. The molecule has 1 rings (SSSR count). The van der Waals surface area contributed by atoms with Gasteiger partial charge in [0.05, 0.1) is 11.0 Å². The minimum atomic E-state index is -0.561. The normalized spacial score (nSPS) is 9.47. The first-order valence-electron chi connectivity index (χ1n) is 4.88. The van der Waals surface area contributed by atoms with Crippen molar-refractivity contribution in [2.75, 3.05) is 5.32 Å². The topological polar surface area (TPSA) is 96.0 Å². The quantitative estimate of drug-likeness (QED) is 0.638. The minimum absolute atomic E-state index is 0.162. The van der Waals surface area contributed by atoms with Crippen LogP contribution in [0.2, 0.25) is 0 Å². The Labute approximate surface area is 98.0 Å². The number of nitrogens with zero attached hydrogens (tertiary/aromatic N) is 2. The molecule has 0 radical (unpaired) electrons. The summed E-state index contributed by atoms with van der Waals surface area (Å²) in [5.41, 5.74) is 1.46. The van der Waals surface area contributed by atoms with E-state index < -0.39 is 10.8 Å². The Balaban J connectivity index is 3.20. The summed E-state index contributed by atoms with van der Waals surface area (Å²) in [6.07, 6.45) is -0.329. The summed E-state index contributed by atoms with van der Waals surface area (Å²) in [5.74, 6) is -0.552. The molecule has 0 spiro atoms. The third kappa shape index (κ3) is 2.78. The Morgan fingerprint density at radius 1 is 1.53 bits per heavy atom. The second kappa shape index (κ2) is 5.07. The summed E-state index contributed by atoms with van der Waals surface area (Å²) in [6.45, 7) is 3.48. The van der Waals surface area contributed by atoms with Crippen LogP contribution in [0, 0.1) is 35.3 Å². The minimum Gasteiger partial charge on any atom is -0.319 e. The number of benzene rings is 1. The first kappa shape index (κ1) is 12.6. The first-order valence-corrected chi connectivity index (χ1v) is 4.88. The molecule has 0 fully saturated rings. The number of hydrogen-bond acceptors (Lipinski definition) is 4. The van der Waals surface area contributed by atoms with E-state index in [1.807, 2.05) is 0 Å². The molecule has 0 aliphatic rings. The van der Waals surface area contributed by atoms with Gasteiger partial charge in [-0.05, 0) is 25.0 Å². The maximum atomic E-state index is 11.3. The van der Waals surface area contributed by atoms with E-state index in [-0.39, 0.29) is 17.8 Å². The average molecular weight is 233 g/mol. The SMILES string of the molecule is Cc1ccc([N+](=O)[O-])c(NC(=O)CC#N)c1C. The molecule has 1 amide bonds. The highest BCUT2D eigenvalue weighted by atomic mass is 16.6. The summed E-state index contributed by atoms with van der Waals surface area (Å²) in [7, 11) is 0. The molecule has 0 aliphatic heterocycles. The molecule has 6 nitrogen and oxygen atoms in total. The molecule has 0 bridgehead atoms. The number of nitro groups is 1. The third-order valence-corrected chi connectivity index (χ3v) is 2.41. The lowest BCUT2D eigenvalue weighted by Gasteiger charge is -2.09. The highest BCUT2D eigenvalue weighted by Crippen LogP contribution is 2.30. The van der Waals surface area contributed by atoms with Crippen molar-refractivity contribution in [1.82, 2.24) is 0 Å². The van der Waals surface area contributed by atoms with Crippen LogP contribution in [0.3, 0.4) is 0 Å². The Hall–Kier alpha value is -2.42. The second-order valence-corrected chi connectivity index (χ2v) is 3.54. The summed E-state index contributed by atoms with van der Waals surface area (Å²) < 4.78 is 0. The zero-order valence-corrected chi connectivity index (χ0v) is 9.48. The van der Waals surface area contributed by atoms with Gasteiger partial charge >= 0.3 is 0 Å². The van der Waals surface area contributed by atoms with Gasteiger partial charge in [0.1, 0.15) is 12.1 Å². The smallest absolute Gasteiger partial charge is 0.293 e. The number of nitrogens with one attached hydrogen (secondary N) is 1. The molecule has 6 heteroatoms. The Morgan fingerprint density at radius 2 is 2.18 bits per heavy atom. The largest absolute Gasteiger partial charge is 0.319 e. The molecule has 1 aromatic rings. The van der Waals surface area contributed by atoms with Gasteiger partial charge in [-0.3, -0.25) is 14.9 Å². The number of aryl methyl sites for hydroxylation is 1. The Morgan fingerprint density at radius 3 is 2.71 bits per heavy atom. The average Bonchev–Trinajstić information content (AvgIpc) is 2.25. The molecule has 0 heterocycles. The van der Waals surface area contributed by atoms with E-state index in [0.717, 1.165) is 5.56 Å². The van der Waals surface area contributed by atoms with E-state index in [2.05, 4.69) is 5.32 Å². The number of carbonyl (C=O) groups excluding carboxylic acids is 1. The van der Waals surface area contributed by atoms with Crippen molar-refractivity contribution in [3.05, 3.63) is 33.4 Å². The van der Waals surface area contributed by atoms with Crippen molar-refractivity contribution in [1.29, 1.82) is 5.26 Å². The van der Waals surface area contributed by atoms with Gasteiger partial charge in [-0.2, -0.15) is 5.26 Å². The fraction of sp³-hybridized carbons (Fsp3) is 0.273. The lowest BCUT2D eigenvalue weighted by atomic mass is 10.1. The van der Waals surface area contributed by atoms with E-state index >= 15 is 0 Å². The molecule has 0 aromatic heterocycles. The summed E-state index contributed by atoms with van der Waals surface area (Å²) in [6, 6.07) is 4.64. The van der Waals surface area contributed by atoms with Crippen molar-refractivity contribution >= 4 is 17.3 Å². The molecule has 0 saturated carbocycles. The Bertz CT molecular complexity index is 517. The number of carbonyl (C=O) groups is 1. The molecule has 0 saturated heterocycles. The molecule has 0 aliphatic carbocycles. The van der Waals surface area contributed by atoms with Crippen LogP contribution < -0.4 is 5.32 Å². The van der Waals surface area contributed by atoms with Gasteiger partial charge in [0.15, 0.2) is 0 Å². The Kier molecular flexibility index (Phi) is 3.78. The maximum Gasteiger partial charge on any atom is 0.293 e. The molecule has 1 aromatic carbocycles. The number of amides is 1. The molecular weight excluding hydrogens is 222 g/mol. The van der Waals surface area contributed by atoms with Crippen molar-refractivity contribution < 1.29 is 9.72 Å². The van der Waals surface area contributed by atoms with Crippen LogP contribution in [0.25, 0.3) is 0 Å². The predicted octanol–water partition coefficient (Wildman–Crippen LogP) is 2.06. The van der Waals surface area contributed by atoms with Crippen LogP contribution >= 0.6 is 0 Å². The molecule has 0 unspecified atom stereocenters. The standard InChI is InChI=1S/C11H11N3O3/c1-7-3-4-9(14(16)17)11(8(7)2)13-10(15)5-6-12/h3-4H,5H2,1-2H3,(H,13,15). The van der Waals surface area contributed by atoms with Crippen LogP contribution in [-0.2, 0) is 4.79 Å². The zero-order chi connectivity index (χ0) is 13.0. The van der Waals surface area contributed by atoms with Crippen LogP contribution in [0.15, 0.2) is 12.1 Å². The van der Waals surface area contributed by atoms with Gasteiger partial charge in [-0.1, -0.05) is 6.07 Å². The second-order valence-electron chi connectivity index (χ2n) is 3.54. The number of nitriles is 1. The molecular formula is C11H11N3O3. The van der Waals surface area contributed by atoms with Gasteiger partial charge in [0.2, 0.25) is 5.91 Å². The lowest BCUT2D eigenvalue weighted by molar-refractivity contribution is -0.384. The lowest BCUT2D eigenvalue weighted by Crippen LogP contribution is -2.13. The summed E-state index contributed by atoms with van der Waals surface area (Å²) >= 11 is 0. The molecule has 88 valence electrons. The predicted molar refractivity (Wildman–Crippen MR) is 61.4 cm³/mol. The van der Waals surface area contributed by atoms with Crippen LogP contribution in [-0.4, -0.2) is 10.8 Å². The fourth-order valence-corrected chi connectivity index (χ4v) is 1.37. The number of rotatable bonds is 3. The maximum absolute atomic E-state index is 11.3. The zero-order valence-electron chi connectivity index (χ0n) is 9.48. The molecule has 0 atom stereocenters. The summed E-state index contributed by atoms with van der Waals surface area (Å²) in [5, 5.41) is 21.6. The first-order chi connectivity index (χ1) is 7.97.